The summed E-state index contributed by atoms with van der Waals surface area (Å²) in [5, 5.41) is 0.963. The third kappa shape index (κ3) is 3.28. The monoisotopic (exact) mass is 297 g/mol. The molecule has 0 spiro atoms. The number of fused-ring (bicyclic) bond motifs is 1. The Kier molecular flexibility index (Phi) is 4.27. The Balaban J connectivity index is 1.73. The van der Waals surface area contributed by atoms with E-state index in [2.05, 4.69) is 59.4 Å². The maximum atomic E-state index is 5.92. The number of nitrogens with two attached hydrogens (primary N) is 1. The quantitative estimate of drug-likeness (QED) is 0.706. The molecule has 0 amide bonds. The van der Waals surface area contributed by atoms with Crippen LogP contribution in [0.4, 0.5) is 0 Å². The molecule has 0 saturated heterocycles. The SMILES string of the molecule is Cc1ccc2nc(SCC(CN)c3ccccc3)[nH]c2c1. The van der Waals surface area contributed by atoms with E-state index in [1.54, 1.807) is 11.8 Å². The zero-order chi connectivity index (χ0) is 14.7. The zero-order valence-electron chi connectivity index (χ0n) is 12.0. The average Bonchev–Trinajstić information content (AvgIpc) is 2.91. The third-order valence-corrected chi connectivity index (χ3v) is 4.63. The smallest absolute Gasteiger partial charge is 0.166 e. The van der Waals surface area contributed by atoms with Crippen LogP contribution in [0.5, 0.6) is 0 Å². The summed E-state index contributed by atoms with van der Waals surface area (Å²) in [6, 6.07) is 16.7. The van der Waals surface area contributed by atoms with E-state index in [4.69, 9.17) is 5.73 Å². The van der Waals surface area contributed by atoms with Gasteiger partial charge in [-0.1, -0.05) is 48.2 Å². The van der Waals surface area contributed by atoms with Gasteiger partial charge in [-0.15, -0.1) is 0 Å². The van der Waals surface area contributed by atoms with Gasteiger partial charge in [0.25, 0.3) is 0 Å². The van der Waals surface area contributed by atoms with E-state index in [0.717, 1.165) is 21.9 Å². The fraction of sp³-hybridized carbons (Fsp3) is 0.235. The highest BCUT2D eigenvalue weighted by atomic mass is 32.2. The van der Waals surface area contributed by atoms with Crippen LogP contribution in [0.2, 0.25) is 0 Å². The lowest BCUT2D eigenvalue weighted by atomic mass is 10.0. The minimum atomic E-state index is 0.353. The fourth-order valence-corrected chi connectivity index (χ4v) is 3.41. The number of aromatic amines is 1. The number of H-pyrrole nitrogens is 1. The molecule has 1 atom stereocenters. The van der Waals surface area contributed by atoms with E-state index >= 15 is 0 Å². The second-order valence-corrected chi connectivity index (χ2v) is 6.23. The summed E-state index contributed by atoms with van der Waals surface area (Å²) in [7, 11) is 0. The van der Waals surface area contributed by atoms with E-state index in [0.29, 0.717) is 12.5 Å². The van der Waals surface area contributed by atoms with Crippen LogP contribution >= 0.6 is 11.8 Å². The molecule has 0 bridgehead atoms. The van der Waals surface area contributed by atoms with E-state index < -0.39 is 0 Å². The molecule has 3 rings (SSSR count). The van der Waals surface area contributed by atoms with Gasteiger partial charge < -0.3 is 10.7 Å². The van der Waals surface area contributed by atoms with Crippen LogP contribution in [-0.2, 0) is 0 Å². The lowest BCUT2D eigenvalue weighted by molar-refractivity contribution is 0.783. The zero-order valence-corrected chi connectivity index (χ0v) is 12.9. The first-order chi connectivity index (χ1) is 10.3. The van der Waals surface area contributed by atoms with Crippen LogP contribution < -0.4 is 5.73 Å². The Morgan fingerprint density at radius 1 is 1.19 bits per heavy atom. The van der Waals surface area contributed by atoms with Crippen molar-refractivity contribution in [2.24, 2.45) is 5.73 Å². The van der Waals surface area contributed by atoms with Crippen molar-refractivity contribution < 1.29 is 0 Å². The normalized spacial score (nSPS) is 12.7. The maximum Gasteiger partial charge on any atom is 0.166 e. The molecule has 0 fully saturated rings. The van der Waals surface area contributed by atoms with Crippen LogP contribution in [0.1, 0.15) is 17.0 Å². The molecule has 108 valence electrons. The third-order valence-electron chi connectivity index (χ3n) is 3.59. The van der Waals surface area contributed by atoms with Gasteiger partial charge in [0, 0.05) is 11.7 Å². The van der Waals surface area contributed by atoms with Gasteiger partial charge in [0.15, 0.2) is 5.16 Å². The molecule has 4 heteroatoms. The largest absolute Gasteiger partial charge is 0.333 e. The van der Waals surface area contributed by atoms with Crippen LogP contribution in [0.3, 0.4) is 0 Å². The van der Waals surface area contributed by atoms with Gasteiger partial charge in [-0.2, -0.15) is 0 Å². The van der Waals surface area contributed by atoms with Crippen LogP contribution in [-0.4, -0.2) is 22.3 Å². The predicted octanol–water partition coefficient (Wildman–Crippen LogP) is 3.71. The van der Waals surface area contributed by atoms with Gasteiger partial charge in [0.1, 0.15) is 0 Å². The number of nitrogens with one attached hydrogen (secondary N) is 1. The van der Waals surface area contributed by atoms with Gasteiger partial charge in [-0.25, -0.2) is 4.98 Å². The minimum absolute atomic E-state index is 0.353. The van der Waals surface area contributed by atoms with E-state index in [1.807, 2.05) is 6.07 Å². The number of thioether (sulfide) groups is 1. The van der Waals surface area contributed by atoms with Gasteiger partial charge >= 0.3 is 0 Å². The van der Waals surface area contributed by atoms with Crippen molar-refractivity contribution in [1.82, 2.24) is 9.97 Å². The van der Waals surface area contributed by atoms with Gasteiger partial charge in [0.05, 0.1) is 11.0 Å². The minimum Gasteiger partial charge on any atom is -0.333 e. The first kappa shape index (κ1) is 14.2. The summed E-state index contributed by atoms with van der Waals surface area (Å²) in [5.41, 5.74) is 10.6. The first-order valence-electron chi connectivity index (χ1n) is 7.10. The standard InChI is InChI=1S/C17H19N3S/c1-12-7-8-15-16(9-12)20-17(19-15)21-11-14(10-18)13-5-3-2-4-6-13/h2-9,14H,10-11,18H2,1H3,(H,19,20). The number of aromatic nitrogens is 2. The van der Waals surface area contributed by atoms with Crippen molar-refractivity contribution in [1.29, 1.82) is 0 Å². The number of rotatable bonds is 5. The molecule has 1 heterocycles. The fourth-order valence-electron chi connectivity index (χ4n) is 2.37. The maximum absolute atomic E-state index is 5.92. The van der Waals surface area contributed by atoms with Gasteiger partial charge in [-0.3, -0.25) is 0 Å². The van der Waals surface area contributed by atoms with Crippen molar-refractivity contribution >= 4 is 22.8 Å². The van der Waals surface area contributed by atoms with Crippen LogP contribution in [0.15, 0.2) is 53.7 Å². The van der Waals surface area contributed by atoms with Gasteiger partial charge in [-0.05, 0) is 36.7 Å². The summed E-state index contributed by atoms with van der Waals surface area (Å²) in [4.78, 5) is 8.00. The second-order valence-electron chi connectivity index (χ2n) is 5.22. The number of hydrogen-bond acceptors (Lipinski definition) is 3. The number of hydrogen-bond donors (Lipinski definition) is 2. The Morgan fingerprint density at radius 3 is 2.76 bits per heavy atom. The van der Waals surface area contributed by atoms with Crippen LogP contribution in [0.25, 0.3) is 11.0 Å². The van der Waals surface area contributed by atoms with Crippen molar-refractivity contribution in [3.05, 3.63) is 59.7 Å². The number of nitrogens with zero attached hydrogens (tertiary/aromatic N) is 1. The summed E-state index contributed by atoms with van der Waals surface area (Å²) in [6.45, 7) is 2.74. The van der Waals surface area contributed by atoms with Crippen LogP contribution in [0, 0.1) is 6.92 Å². The molecule has 3 aromatic rings. The molecule has 1 aromatic heterocycles. The number of aryl methyl sites for hydroxylation is 1. The molecule has 21 heavy (non-hydrogen) atoms. The summed E-state index contributed by atoms with van der Waals surface area (Å²) in [5.74, 6) is 1.28. The molecule has 0 aliphatic rings. The number of benzene rings is 2. The first-order valence-corrected chi connectivity index (χ1v) is 8.09. The Labute approximate surface area is 129 Å². The van der Waals surface area contributed by atoms with Crippen molar-refractivity contribution in [3.8, 4) is 0 Å². The van der Waals surface area contributed by atoms with Crippen molar-refractivity contribution in [2.75, 3.05) is 12.3 Å². The molecule has 0 radical (unpaired) electrons. The molecule has 0 saturated carbocycles. The predicted molar refractivity (Wildman–Crippen MR) is 89.8 cm³/mol. The summed E-state index contributed by atoms with van der Waals surface area (Å²) in [6.07, 6.45) is 0. The van der Waals surface area contributed by atoms with Crippen molar-refractivity contribution in [3.63, 3.8) is 0 Å². The lowest BCUT2D eigenvalue weighted by Gasteiger charge is -2.13. The molecule has 3 nitrogen and oxygen atoms in total. The molecule has 2 aromatic carbocycles. The van der Waals surface area contributed by atoms with Crippen molar-refractivity contribution in [2.45, 2.75) is 18.0 Å². The highest BCUT2D eigenvalue weighted by Gasteiger charge is 2.11. The lowest BCUT2D eigenvalue weighted by Crippen LogP contribution is -2.14. The average molecular weight is 297 g/mol. The molecule has 0 aliphatic heterocycles. The van der Waals surface area contributed by atoms with E-state index in [-0.39, 0.29) is 0 Å². The highest BCUT2D eigenvalue weighted by Crippen LogP contribution is 2.26. The molecular formula is C17H19N3S. The van der Waals surface area contributed by atoms with E-state index in [1.165, 1.54) is 11.1 Å². The molecule has 3 N–H and O–H groups in total. The molecule has 1 unspecified atom stereocenters. The Morgan fingerprint density at radius 2 is 2.00 bits per heavy atom. The topological polar surface area (TPSA) is 54.7 Å². The van der Waals surface area contributed by atoms with E-state index in [9.17, 15) is 0 Å². The number of imidazole rings is 1. The molecular weight excluding hydrogens is 278 g/mol. The Hall–Kier alpha value is -1.78. The van der Waals surface area contributed by atoms with Gasteiger partial charge in [0.2, 0.25) is 0 Å². The Bertz CT molecular complexity index is 721. The summed E-state index contributed by atoms with van der Waals surface area (Å²) >= 11 is 1.73. The molecule has 0 aliphatic carbocycles. The second kappa shape index (κ2) is 6.33. The highest BCUT2D eigenvalue weighted by molar-refractivity contribution is 7.99. The summed E-state index contributed by atoms with van der Waals surface area (Å²) < 4.78 is 0.